The van der Waals surface area contributed by atoms with Gasteiger partial charge in [-0.1, -0.05) is 35.9 Å². The number of hydrogen-bond donors (Lipinski definition) is 0. The lowest BCUT2D eigenvalue weighted by atomic mass is 10.1. The van der Waals surface area contributed by atoms with Crippen LogP contribution in [0.25, 0.3) is 0 Å². The fourth-order valence-corrected chi connectivity index (χ4v) is 3.49. The molecule has 1 aliphatic rings. The summed E-state index contributed by atoms with van der Waals surface area (Å²) in [6, 6.07) is 23.8. The third kappa shape index (κ3) is 3.20. The van der Waals surface area contributed by atoms with Gasteiger partial charge in [-0.15, -0.1) is 0 Å². The standard InChI is InChI=1S/C22H19N3O3/c1-16-7-11-19(12-8-16)23-15-21(17-5-3-2-4-6-17)24(26)22(23)18-9-13-20(14-10-18)25(27)28/h2-14,22H,15H2,1H3. The molecular weight excluding hydrogens is 354 g/mol. The van der Waals surface area contributed by atoms with E-state index in [2.05, 4.69) is 0 Å². The zero-order valence-corrected chi connectivity index (χ0v) is 15.4. The van der Waals surface area contributed by atoms with E-state index in [0.717, 1.165) is 21.6 Å². The number of nitro benzene ring substituents is 1. The van der Waals surface area contributed by atoms with Crippen molar-refractivity contribution < 1.29 is 9.66 Å². The molecule has 1 unspecified atom stereocenters. The SMILES string of the molecule is Cc1ccc(N2CC(c3ccccc3)=[N+]([O-])C2c2ccc([N+](=O)[O-])cc2)cc1. The lowest BCUT2D eigenvalue weighted by Crippen LogP contribution is -2.28. The number of nitro groups is 1. The van der Waals surface area contributed by atoms with Crippen molar-refractivity contribution in [3.63, 3.8) is 0 Å². The van der Waals surface area contributed by atoms with Crippen LogP contribution in [0.4, 0.5) is 11.4 Å². The zero-order valence-electron chi connectivity index (χ0n) is 15.4. The van der Waals surface area contributed by atoms with E-state index in [0.29, 0.717) is 17.8 Å². The van der Waals surface area contributed by atoms with Gasteiger partial charge in [0.25, 0.3) is 11.9 Å². The molecule has 0 saturated heterocycles. The van der Waals surface area contributed by atoms with Gasteiger partial charge in [-0.2, -0.15) is 4.74 Å². The van der Waals surface area contributed by atoms with Crippen LogP contribution < -0.4 is 4.90 Å². The summed E-state index contributed by atoms with van der Waals surface area (Å²) in [5.74, 6) is 0. The zero-order chi connectivity index (χ0) is 19.7. The second-order valence-corrected chi connectivity index (χ2v) is 6.82. The molecule has 0 N–H and O–H groups in total. The molecule has 140 valence electrons. The predicted octanol–water partition coefficient (Wildman–Crippen LogP) is 4.42. The molecule has 6 heteroatoms. The second kappa shape index (κ2) is 7.15. The average molecular weight is 373 g/mol. The van der Waals surface area contributed by atoms with E-state index in [-0.39, 0.29) is 5.69 Å². The Labute approximate surface area is 162 Å². The Balaban J connectivity index is 1.79. The summed E-state index contributed by atoms with van der Waals surface area (Å²) in [5, 5.41) is 24.3. The van der Waals surface area contributed by atoms with Crippen LogP contribution >= 0.6 is 0 Å². The van der Waals surface area contributed by atoms with Gasteiger partial charge in [-0.05, 0) is 43.3 Å². The third-order valence-corrected chi connectivity index (χ3v) is 4.98. The van der Waals surface area contributed by atoms with Gasteiger partial charge in [0.05, 0.1) is 4.92 Å². The summed E-state index contributed by atoms with van der Waals surface area (Å²) in [6.07, 6.45) is -0.585. The summed E-state index contributed by atoms with van der Waals surface area (Å²) in [7, 11) is 0. The molecule has 0 aliphatic carbocycles. The van der Waals surface area contributed by atoms with Gasteiger partial charge >= 0.3 is 0 Å². The van der Waals surface area contributed by atoms with E-state index in [1.807, 2.05) is 66.4 Å². The normalized spacial score (nSPS) is 16.5. The van der Waals surface area contributed by atoms with E-state index in [4.69, 9.17) is 0 Å². The first-order valence-electron chi connectivity index (χ1n) is 9.00. The summed E-state index contributed by atoms with van der Waals surface area (Å²) < 4.78 is 1.01. The van der Waals surface area contributed by atoms with Gasteiger partial charge in [0, 0.05) is 28.9 Å². The molecule has 1 heterocycles. The maximum absolute atomic E-state index is 13.3. The number of non-ortho nitro benzene ring substituents is 1. The molecule has 0 bridgehead atoms. The van der Waals surface area contributed by atoms with Crippen molar-refractivity contribution in [1.29, 1.82) is 0 Å². The van der Waals surface area contributed by atoms with E-state index < -0.39 is 11.1 Å². The van der Waals surface area contributed by atoms with Crippen LogP contribution in [-0.2, 0) is 0 Å². The average Bonchev–Trinajstić information content (AvgIpc) is 3.06. The molecule has 1 atom stereocenters. The minimum Gasteiger partial charge on any atom is -0.622 e. The maximum Gasteiger partial charge on any atom is 0.269 e. The Morgan fingerprint density at radius 1 is 0.964 bits per heavy atom. The Hall–Kier alpha value is -3.67. The number of anilines is 1. The number of hydrogen-bond acceptors (Lipinski definition) is 4. The van der Waals surface area contributed by atoms with Gasteiger partial charge in [0.1, 0.15) is 6.54 Å². The minimum atomic E-state index is -0.585. The van der Waals surface area contributed by atoms with Crippen LogP contribution in [0.15, 0.2) is 78.9 Å². The molecule has 3 aromatic carbocycles. The van der Waals surface area contributed by atoms with Gasteiger partial charge < -0.3 is 5.21 Å². The number of benzene rings is 3. The molecule has 3 aromatic rings. The molecule has 6 nitrogen and oxygen atoms in total. The lowest BCUT2D eigenvalue weighted by molar-refractivity contribution is -0.497. The number of nitrogens with zero attached hydrogens (tertiary/aromatic N) is 3. The lowest BCUT2D eigenvalue weighted by Gasteiger charge is -2.24. The number of rotatable bonds is 4. The van der Waals surface area contributed by atoms with Gasteiger partial charge in [-0.25, -0.2) is 0 Å². The van der Waals surface area contributed by atoms with Crippen LogP contribution in [0.1, 0.15) is 22.9 Å². The fraction of sp³-hybridized carbons (Fsp3) is 0.136. The molecule has 4 rings (SSSR count). The Bertz CT molecular complexity index is 1030. The second-order valence-electron chi connectivity index (χ2n) is 6.82. The molecule has 28 heavy (non-hydrogen) atoms. The van der Waals surface area contributed by atoms with Crippen LogP contribution in [-0.4, -0.2) is 21.9 Å². The number of aryl methyl sites for hydroxylation is 1. The fourth-order valence-electron chi connectivity index (χ4n) is 3.49. The molecular formula is C22H19N3O3. The van der Waals surface area contributed by atoms with Crippen LogP contribution in [0.3, 0.4) is 0 Å². The quantitative estimate of drug-likeness (QED) is 0.294. The highest BCUT2D eigenvalue weighted by Gasteiger charge is 2.39. The molecule has 0 amide bonds. The third-order valence-electron chi connectivity index (χ3n) is 4.98. The first kappa shape index (κ1) is 17.7. The largest absolute Gasteiger partial charge is 0.622 e. The van der Waals surface area contributed by atoms with Crippen LogP contribution in [0, 0.1) is 22.2 Å². The van der Waals surface area contributed by atoms with Gasteiger partial charge in [0.15, 0.2) is 0 Å². The van der Waals surface area contributed by atoms with Crippen LogP contribution in [0.2, 0.25) is 0 Å². The van der Waals surface area contributed by atoms with E-state index in [1.54, 1.807) is 12.1 Å². The monoisotopic (exact) mass is 373 g/mol. The van der Waals surface area contributed by atoms with Crippen molar-refractivity contribution in [1.82, 2.24) is 0 Å². The molecule has 0 saturated carbocycles. The summed E-state index contributed by atoms with van der Waals surface area (Å²) in [6.45, 7) is 2.47. The highest BCUT2D eigenvalue weighted by Crippen LogP contribution is 2.33. The molecule has 0 fully saturated rings. The van der Waals surface area contributed by atoms with Crippen molar-refractivity contribution >= 4 is 17.1 Å². The van der Waals surface area contributed by atoms with Crippen LogP contribution in [0.5, 0.6) is 0 Å². The maximum atomic E-state index is 13.3. The number of hydroxylamine groups is 1. The van der Waals surface area contributed by atoms with E-state index in [9.17, 15) is 15.3 Å². The summed E-state index contributed by atoms with van der Waals surface area (Å²) >= 11 is 0. The molecule has 0 radical (unpaired) electrons. The molecule has 1 aliphatic heterocycles. The first-order chi connectivity index (χ1) is 13.5. The first-order valence-corrected chi connectivity index (χ1v) is 9.00. The highest BCUT2D eigenvalue weighted by atomic mass is 16.6. The van der Waals surface area contributed by atoms with Crippen molar-refractivity contribution in [3.05, 3.63) is 111 Å². The topological polar surface area (TPSA) is 72.5 Å². The van der Waals surface area contributed by atoms with Gasteiger partial charge in [-0.3, -0.25) is 15.0 Å². The summed E-state index contributed by atoms with van der Waals surface area (Å²) in [5.41, 5.74) is 4.34. The predicted molar refractivity (Wildman–Crippen MR) is 109 cm³/mol. The summed E-state index contributed by atoms with van der Waals surface area (Å²) in [4.78, 5) is 12.6. The van der Waals surface area contributed by atoms with E-state index in [1.165, 1.54) is 12.1 Å². The minimum absolute atomic E-state index is 0.00773. The van der Waals surface area contributed by atoms with E-state index >= 15 is 0 Å². The van der Waals surface area contributed by atoms with Crippen molar-refractivity contribution in [2.45, 2.75) is 13.1 Å². The Kier molecular flexibility index (Phi) is 4.53. The molecule has 0 aromatic heterocycles. The van der Waals surface area contributed by atoms with Crippen molar-refractivity contribution in [2.24, 2.45) is 0 Å². The Morgan fingerprint density at radius 2 is 1.61 bits per heavy atom. The van der Waals surface area contributed by atoms with Gasteiger partial charge in [0.2, 0.25) is 5.71 Å². The smallest absolute Gasteiger partial charge is 0.269 e. The Morgan fingerprint density at radius 3 is 2.21 bits per heavy atom. The van der Waals surface area contributed by atoms with Crippen molar-refractivity contribution in [2.75, 3.05) is 11.4 Å². The highest BCUT2D eigenvalue weighted by molar-refractivity contribution is 6.01. The molecule has 0 spiro atoms. The van der Waals surface area contributed by atoms with Crippen molar-refractivity contribution in [3.8, 4) is 0 Å².